The molecule has 0 atom stereocenters. The Balaban J connectivity index is 1.68. The number of ether oxygens (including phenoxy) is 2. The van der Waals surface area contributed by atoms with Crippen molar-refractivity contribution in [1.82, 2.24) is 4.98 Å². The number of aromatic nitrogens is 1. The van der Waals surface area contributed by atoms with Crippen LogP contribution in [0.25, 0.3) is 10.6 Å². The molecule has 0 aliphatic rings. The lowest BCUT2D eigenvalue weighted by atomic mass is 10.1. The maximum absolute atomic E-state index is 12.2. The molecular formula is C19H17NO3S. The zero-order chi connectivity index (χ0) is 16.9. The summed E-state index contributed by atoms with van der Waals surface area (Å²) in [6, 6.07) is 15.4. The molecule has 0 saturated heterocycles. The van der Waals surface area contributed by atoms with Gasteiger partial charge in [-0.15, -0.1) is 11.3 Å². The second-order valence-corrected chi connectivity index (χ2v) is 6.13. The van der Waals surface area contributed by atoms with E-state index in [-0.39, 0.29) is 6.61 Å². The van der Waals surface area contributed by atoms with E-state index in [1.807, 2.05) is 55.5 Å². The molecule has 0 unspecified atom stereocenters. The summed E-state index contributed by atoms with van der Waals surface area (Å²) in [5.74, 6) is 0.377. The van der Waals surface area contributed by atoms with E-state index in [1.165, 1.54) is 11.3 Å². The van der Waals surface area contributed by atoms with Gasteiger partial charge in [-0.1, -0.05) is 24.3 Å². The fraction of sp³-hybridized carbons (Fsp3) is 0.158. The third-order valence-electron chi connectivity index (χ3n) is 3.67. The second-order valence-electron chi connectivity index (χ2n) is 5.27. The van der Waals surface area contributed by atoms with Gasteiger partial charge >= 0.3 is 5.97 Å². The summed E-state index contributed by atoms with van der Waals surface area (Å²) in [5.41, 5.74) is 3.37. The minimum Gasteiger partial charge on any atom is -0.497 e. The maximum atomic E-state index is 12.2. The molecule has 0 bridgehead atoms. The van der Waals surface area contributed by atoms with Gasteiger partial charge in [-0.3, -0.25) is 0 Å². The molecule has 0 N–H and O–H groups in total. The van der Waals surface area contributed by atoms with Crippen LogP contribution in [0.1, 0.15) is 21.6 Å². The molecule has 0 aliphatic heterocycles. The highest BCUT2D eigenvalue weighted by Gasteiger charge is 2.14. The highest BCUT2D eigenvalue weighted by atomic mass is 32.1. The van der Waals surface area contributed by atoms with Gasteiger partial charge in [0.25, 0.3) is 0 Å². The molecule has 3 rings (SSSR count). The van der Waals surface area contributed by atoms with Crippen LogP contribution in [0.5, 0.6) is 5.75 Å². The fourth-order valence-corrected chi connectivity index (χ4v) is 3.02. The van der Waals surface area contributed by atoms with Crippen molar-refractivity contribution in [2.75, 3.05) is 7.11 Å². The SMILES string of the molecule is COc1ccc(-c2nc(C(=O)OCc3ccccc3C)cs2)cc1. The van der Waals surface area contributed by atoms with Gasteiger partial charge < -0.3 is 9.47 Å². The molecule has 0 amide bonds. The maximum Gasteiger partial charge on any atom is 0.358 e. The van der Waals surface area contributed by atoms with Crippen molar-refractivity contribution in [2.45, 2.75) is 13.5 Å². The quantitative estimate of drug-likeness (QED) is 0.643. The Labute approximate surface area is 144 Å². The van der Waals surface area contributed by atoms with Crippen molar-refractivity contribution < 1.29 is 14.3 Å². The van der Waals surface area contributed by atoms with Crippen molar-refractivity contribution in [2.24, 2.45) is 0 Å². The zero-order valence-corrected chi connectivity index (χ0v) is 14.3. The Hall–Kier alpha value is -2.66. The Morgan fingerprint density at radius 3 is 2.58 bits per heavy atom. The molecule has 0 spiro atoms. The first kappa shape index (κ1) is 16.2. The minimum absolute atomic E-state index is 0.251. The van der Waals surface area contributed by atoms with Gasteiger partial charge in [-0.05, 0) is 42.3 Å². The number of carbonyl (C=O) groups excluding carboxylic acids is 1. The molecule has 3 aromatic rings. The molecule has 0 aliphatic carbocycles. The van der Waals surface area contributed by atoms with E-state index in [2.05, 4.69) is 4.98 Å². The summed E-state index contributed by atoms with van der Waals surface area (Å²) in [5, 5.41) is 2.50. The third-order valence-corrected chi connectivity index (χ3v) is 4.56. The van der Waals surface area contributed by atoms with Gasteiger partial charge in [0, 0.05) is 10.9 Å². The Bertz CT molecular complexity index is 840. The summed E-state index contributed by atoms with van der Waals surface area (Å²) in [6.45, 7) is 2.24. The number of aryl methyl sites for hydroxylation is 1. The van der Waals surface area contributed by atoms with E-state index in [0.717, 1.165) is 27.4 Å². The number of carbonyl (C=O) groups is 1. The Morgan fingerprint density at radius 2 is 1.88 bits per heavy atom. The predicted octanol–water partition coefficient (Wildman–Crippen LogP) is 4.48. The first-order chi connectivity index (χ1) is 11.7. The molecule has 1 heterocycles. The number of thiazole rings is 1. The standard InChI is InChI=1S/C19H17NO3S/c1-13-5-3-4-6-15(13)11-23-19(21)17-12-24-18(20-17)14-7-9-16(22-2)10-8-14/h3-10,12H,11H2,1-2H3. The number of nitrogens with zero attached hydrogens (tertiary/aromatic N) is 1. The molecule has 0 radical (unpaired) electrons. The number of hydrogen-bond acceptors (Lipinski definition) is 5. The lowest BCUT2D eigenvalue weighted by molar-refractivity contribution is 0.0466. The summed E-state index contributed by atoms with van der Waals surface area (Å²) < 4.78 is 10.5. The Kier molecular flexibility index (Phi) is 4.91. The summed E-state index contributed by atoms with van der Waals surface area (Å²) >= 11 is 1.42. The van der Waals surface area contributed by atoms with Crippen LogP contribution in [0.3, 0.4) is 0 Å². The molecule has 5 heteroatoms. The van der Waals surface area contributed by atoms with Gasteiger partial charge in [0.05, 0.1) is 7.11 Å². The average Bonchev–Trinajstić information content (AvgIpc) is 3.11. The van der Waals surface area contributed by atoms with Crippen LogP contribution in [0.2, 0.25) is 0 Å². The van der Waals surface area contributed by atoms with Crippen LogP contribution >= 0.6 is 11.3 Å². The second kappa shape index (κ2) is 7.27. The number of esters is 1. The van der Waals surface area contributed by atoms with E-state index in [4.69, 9.17) is 9.47 Å². The monoisotopic (exact) mass is 339 g/mol. The Morgan fingerprint density at radius 1 is 1.12 bits per heavy atom. The summed E-state index contributed by atoms with van der Waals surface area (Å²) in [7, 11) is 1.63. The van der Waals surface area contributed by atoms with Crippen LogP contribution in [0.15, 0.2) is 53.9 Å². The molecule has 4 nitrogen and oxygen atoms in total. The lowest BCUT2D eigenvalue weighted by Crippen LogP contribution is -2.06. The fourth-order valence-electron chi connectivity index (χ4n) is 2.22. The lowest BCUT2D eigenvalue weighted by Gasteiger charge is -2.05. The number of benzene rings is 2. The highest BCUT2D eigenvalue weighted by molar-refractivity contribution is 7.13. The van der Waals surface area contributed by atoms with Crippen LogP contribution in [0, 0.1) is 6.92 Å². The van der Waals surface area contributed by atoms with Crippen molar-refractivity contribution in [1.29, 1.82) is 0 Å². The number of hydrogen-bond donors (Lipinski definition) is 0. The average molecular weight is 339 g/mol. The summed E-state index contributed by atoms with van der Waals surface area (Å²) in [4.78, 5) is 16.6. The van der Waals surface area contributed by atoms with Crippen LogP contribution in [-0.2, 0) is 11.3 Å². The van der Waals surface area contributed by atoms with Crippen molar-refractivity contribution >= 4 is 17.3 Å². The third kappa shape index (κ3) is 3.63. The van der Waals surface area contributed by atoms with Gasteiger partial charge in [-0.25, -0.2) is 9.78 Å². The zero-order valence-electron chi connectivity index (χ0n) is 13.5. The molecule has 0 fully saturated rings. The smallest absolute Gasteiger partial charge is 0.358 e. The first-order valence-corrected chi connectivity index (χ1v) is 8.37. The van der Waals surface area contributed by atoms with Crippen molar-refractivity contribution in [3.63, 3.8) is 0 Å². The molecule has 0 saturated carbocycles. The van der Waals surface area contributed by atoms with Crippen LogP contribution < -0.4 is 4.74 Å². The van der Waals surface area contributed by atoms with E-state index >= 15 is 0 Å². The molecule has 1 aromatic heterocycles. The molecular weight excluding hydrogens is 322 g/mol. The normalized spacial score (nSPS) is 10.4. The van der Waals surface area contributed by atoms with Gasteiger partial charge in [0.2, 0.25) is 0 Å². The topological polar surface area (TPSA) is 48.4 Å². The predicted molar refractivity (Wildman–Crippen MR) is 94.4 cm³/mol. The van der Waals surface area contributed by atoms with Crippen molar-refractivity contribution in [3.05, 3.63) is 70.7 Å². The highest BCUT2D eigenvalue weighted by Crippen LogP contribution is 2.26. The first-order valence-electron chi connectivity index (χ1n) is 7.49. The van der Waals surface area contributed by atoms with E-state index in [9.17, 15) is 4.79 Å². The van der Waals surface area contributed by atoms with Crippen molar-refractivity contribution in [3.8, 4) is 16.3 Å². The number of rotatable bonds is 5. The number of methoxy groups -OCH3 is 1. The van der Waals surface area contributed by atoms with E-state index < -0.39 is 5.97 Å². The van der Waals surface area contributed by atoms with E-state index in [1.54, 1.807) is 12.5 Å². The largest absolute Gasteiger partial charge is 0.497 e. The molecule has 24 heavy (non-hydrogen) atoms. The van der Waals surface area contributed by atoms with Gasteiger partial charge in [0.1, 0.15) is 17.4 Å². The minimum atomic E-state index is -0.408. The van der Waals surface area contributed by atoms with Crippen LogP contribution in [0.4, 0.5) is 0 Å². The van der Waals surface area contributed by atoms with E-state index in [0.29, 0.717) is 5.69 Å². The molecule has 2 aromatic carbocycles. The molecule has 122 valence electrons. The van der Waals surface area contributed by atoms with Gasteiger partial charge in [0.15, 0.2) is 5.69 Å². The summed E-state index contributed by atoms with van der Waals surface area (Å²) in [6.07, 6.45) is 0. The van der Waals surface area contributed by atoms with Crippen LogP contribution in [-0.4, -0.2) is 18.1 Å². The van der Waals surface area contributed by atoms with Gasteiger partial charge in [-0.2, -0.15) is 0 Å².